The zero-order chi connectivity index (χ0) is 18.7. The summed E-state index contributed by atoms with van der Waals surface area (Å²) in [4.78, 5) is 0. The molecule has 6 atom stereocenters. The van der Waals surface area contributed by atoms with Crippen LogP contribution in [0.2, 0.25) is 0 Å². The van der Waals surface area contributed by atoms with Gasteiger partial charge in [-0.3, -0.25) is 0 Å². The van der Waals surface area contributed by atoms with Crippen LogP contribution in [-0.2, 0) is 0 Å². The zero-order valence-electron chi connectivity index (χ0n) is 17.2. The highest BCUT2D eigenvalue weighted by atomic mass is 16.3. The van der Waals surface area contributed by atoms with Gasteiger partial charge in [-0.25, -0.2) is 0 Å². The monoisotopic (exact) mass is 360 g/mol. The number of allylic oxidation sites excluding steroid dienone is 3. The third-order valence-electron chi connectivity index (χ3n) is 7.81. The molecule has 3 aliphatic carbocycles. The lowest BCUT2D eigenvalue weighted by atomic mass is 9.60. The van der Waals surface area contributed by atoms with E-state index in [1.54, 1.807) is 5.57 Å². The SMILES string of the molecule is CCCC[C@H](C)C1CCC2/C(=C/C=C3C[C@@H](O)C[C@H](O)C3)CCC[C@@]21C. The van der Waals surface area contributed by atoms with Crippen molar-refractivity contribution in [3.8, 4) is 0 Å². The molecule has 0 aromatic carbocycles. The van der Waals surface area contributed by atoms with Gasteiger partial charge < -0.3 is 10.2 Å². The zero-order valence-corrected chi connectivity index (χ0v) is 17.2. The molecule has 3 aliphatic rings. The first-order valence-corrected chi connectivity index (χ1v) is 11.2. The Labute approximate surface area is 160 Å². The Hall–Kier alpha value is -0.600. The van der Waals surface area contributed by atoms with Gasteiger partial charge in [-0.2, -0.15) is 0 Å². The molecule has 0 saturated heterocycles. The van der Waals surface area contributed by atoms with Crippen molar-refractivity contribution < 1.29 is 10.2 Å². The summed E-state index contributed by atoms with van der Waals surface area (Å²) in [5.74, 6) is 2.49. The number of hydrogen-bond donors (Lipinski definition) is 2. The molecule has 0 spiro atoms. The van der Waals surface area contributed by atoms with Gasteiger partial charge in [0.25, 0.3) is 0 Å². The second-order valence-electron chi connectivity index (χ2n) is 9.73. The number of aliphatic hydroxyl groups excluding tert-OH is 2. The number of fused-ring (bicyclic) bond motifs is 1. The van der Waals surface area contributed by atoms with Crippen LogP contribution in [-0.4, -0.2) is 22.4 Å². The maximum Gasteiger partial charge on any atom is 0.0602 e. The molecule has 3 fully saturated rings. The Balaban J connectivity index is 1.73. The molecule has 26 heavy (non-hydrogen) atoms. The maximum atomic E-state index is 9.92. The van der Waals surface area contributed by atoms with E-state index < -0.39 is 0 Å². The summed E-state index contributed by atoms with van der Waals surface area (Å²) >= 11 is 0. The summed E-state index contributed by atoms with van der Waals surface area (Å²) in [7, 11) is 0. The molecular formula is C24H40O2. The van der Waals surface area contributed by atoms with Gasteiger partial charge in [0.05, 0.1) is 12.2 Å². The topological polar surface area (TPSA) is 40.5 Å². The van der Waals surface area contributed by atoms with Crippen molar-refractivity contribution in [2.75, 3.05) is 0 Å². The molecule has 2 nitrogen and oxygen atoms in total. The van der Waals surface area contributed by atoms with Crippen LogP contribution in [0.3, 0.4) is 0 Å². The minimum absolute atomic E-state index is 0.365. The smallest absolute Gasteiger partial charge is 0.0602 e. The Morgan fingerprint density at radius 2 is 1.88 bits per heavy atom. The number of hydrogen-bond acceptors (Lipinski definition) is 2. The fourth-order valence-corrected chi connectivity index (χ4v) is 6.47. The molecule has 0 aromatic rings. The van der Waals surface area contributed by atoms with Crippen LogP contribution < -0.4 is 0 Å². The highest BCUT2D eigenvalue weighted by Crippen LogP contribution is 2.59. The van der Waals surface area contributed by atoms with Crippen molar-refractivity contribution in [3.63, 3.8) is 0 Å². The summed E-state index contributed by atoms with van der Waals surface area (Å²) in [6.07, 6.45) is 16.7. The van der Waals surface area contributed by atoms with Crippen molar-refractivity contribution in [1.29, 1.82) is 0 Å². The Bertz CT molecular complexity index is 522. The van der Waals surface area contributed by atoms with Crippen LogP contribution in [0, 0.1) is 23.2 Å². The van der Waals surface area contributed by atoms with Gasteiger partial charge in [-0.05, 0) is 74.5 Å². The lowest BCUT2D eigenvalue weighted by Crippen LogP contribution is -2.36. The van der Waals surface area contributed by atoms with Crippen molar-refractivity contribution in [2.24, 2.45) is 23.2 Å². The van der Waals surface area contributed by atoms with Crippen molar-refractivity contribution in [1.82, 2.24) is 0 Å². The third kappa shape index (κ3) is 4.28. The molecule has 148 valence electrons. The fourth-order valence-electron chi connectivity index (χ4n) is 6.47. The first-order chi connectivity index (χ1) is 12.4. The van der Waals surface area contributed by atoms with Gasteiger partial charge in [0, 0.05) is 0 Å². The predicted octanol–water partition coefficient (Wildman–Crippen LogP) is 5.79. The molecule has 0 heterocycles. The van der Waals surface area contributed by atoms with Crippen LogP contribution in [0.5, 0.6) is 0 Å². The van der Waals surface area contributed by atoms with E-state index in [1.807, 2.05) is 0 Å². The van der Waals surface area contributed by atoms with Gasteiger partial charge in [0.2, 0.25) is 0 Å². The summed E-state index contributed by atoms with van der Waals surface area (Å²) in [5.41, 5.74) is 3.36. The van der Waals surface area contributed by atoms with E-state index in [4.69, 9.17) is 0 Å². The van der Waals surface area contributed by atoms with Crippen LogP contribution >= 0.6 is 0 Å². The van der Waals surface area contributed by atoms with E-state index in [2.05, 4.69) is 32.9 Å². The number of rotatable bonds is 5. The molecule has 0 radical (unpaired) electrons. The van der Waals surface area contributed by atoms with Crippen LogP contribution in [0.4, 0.5) is 0 Å². The number of aliphatic hydroxyl groups is 2. The van der Waals surface area contributed by atoms with E-state index in [9.17, 15) is 10.2 Å². The first kappa shape index (κ1) is 20.1. The molecule has 3 saturated carbocycles. The van der Waals surface area contributed by atoms with Gasteiger partial charge in [0.15, 0.2) is 0 Å². The van der Waals surface area contributed by atoms with Gasteiger partial charge in [-0.15, -0.1) is 0 Å². The van der Waals surface area contributed by atoms with E-state index in [-0.39, 0.29) is 12.2 Å². The molecule has 2 heteroatoms. The van der Waals surface area contributed by atoms with Crippen LogP contribution in [0.15, 0.2) is 23.3 Å². The molecule has 0 aliphatic heterocycles. The summed E-state index contributed by atoms with van der Waals surface area (Å²) < 4.78 is 0. The van der Waals surface area contributed by atoms with Crippen molar-refractivity contribution in [3.05, 3.63) is 23.3 Å². The molecule has 2 unspecified atom stereocenters. The fraction of sp³-hybridized carbons (Fsp3) is 0.833. The minimum Gasteiger partial charge on any atom is -0.393 e. The van der Waals surface area contributed by atoms with Crippen molar-refractivity contribution in [2.45, 2.75) is 104 Å². The third-order valence-corrected chi connectivity index (χ3v) is 7.81. The van der Waals surface area contributed by atoms with Gasteiger partial charge in [-0.1, -0.05) is 63.3 Å². The summed E-state index contributed by atoms with van der Waals surface area (Å²) in [5, 5.41) is 19.8. The molecule has 3 rings (SSSR count). The quantitative estimate of drug-likeness (QED) is 0.651. The van der Waals surface area contributed by atoms with Gasteiger partial charge in [0.1, 0.15) is 0 Å². The Morgan fingerprint density at radius 1 is 1.15 bits per heavy atom. The Kier molecular flexibility index (Phi) is 6.67. The average molecular weight is 361 g/mol. The highest BCUT2D eigenvalue weighted by molar-refractivity contribution is 5.26. The van der Waals surface area contributed by atoms with Gasteiger partial charge >= 0.3 is 0 Å². The number of unbranched alkanes of at least 4 members (excludes halogenated alkanes) is 1. The van der Waals surface area contributed by atoms with E-state index in [0.29, 0.717) is 11.8 Å². The first-order valence-electron chi connectivity index (χ1n) is 11.2. The summed E-state index contributed by atoms with van der Waals surface area (Å²) in [6, 6.07) is 0. The molecule has 0 aromatic heterocycles. The van der Waals surface area contributed by atoms with Crippen molar-refractivity contribution >= 4 is 0 Å². The minimum atomic E-state index is -0.365. The van der Waals surface area contributed by atoms with E-state index >= 15 is 0 Å². The average Bonchev–Trinajstić information content (AvgIpc) is 2.94. The molecule has 2 N–H and O–H groups in total. The second kappa shape index (κ2) is 8.61. The molecule has 0 bridgehead atoms. The highest BCUT2D eigenvalue weighted by Gasteiger charge is 2.50. The van der Waals surface area contributed by atoms with E-state index in [1.165, 1.54) is 56.9 Å². The standard InChI is InChI=1S/C24H40O2/c1-4-5-7-17(2)22-11-12-23-19(8-6-13-24(22,23)3)10-9-18-14-20(25)16-21(26)15-18/h9-10,17,20-23,25-26H,4-8,11-16H2,1-3H3/b19-10+/t17-,20+,21+,22?,23?,24+/m0/s1. The molecular weight excluding hydrogens is 320 g/mol. The van der Waals surface area contributed by atoms with Crippen LogP contribution in [0.25, 0.3) is 0 Å². The maximum absolute atomic E-state index is 9.92. The summed E-state index contributed by atoms with van der Waals surface area (Å²) in [6.45, 7) is 7.38. The van der Waals surface area contributed by atoms with Crippen LogP contribution in [0.1, 0.15) is 91.4 Å². The largest absolute Gasteiger partial charge is 0.393 e. The normalized spacial score (nSPS) is 40.5. The Morgan fingerprint density at radius 3 is 2.58 bits per heavy atom. The molecule has 0 amide bonds. The van der Waals surface area contributed by atoms with E-state index in [0.717, 1.165) is 30.6 Å². The predicted molar refractivity (Wildman–Crippen MR) is 109 cm³/mol. The second-order valence-corrected chi connectivity index (χ2v) is 9.73. The lowest BCUT2D eigenvalue weighted by molar-refractivity contribution is 0.0609. The lowest BCUT2D eigenvalue weighted by Gasteiger charge is -2.44.